The van der Waals surface area contributed by atoms with Crippen molar-refractivity contribution in [3.8, 4) is 0 Å². The molecule has 9 aliphatic rings. The molecule has 13 nitrogen and oxygen atoms in total. The lowest BCUT2D eigenvalue weighted by Crippen LogP contribution is -2.81. The van der Waals surface area contributed by atoms with Crippen molar-refractivity contribution in [1.82, 2.24) is 19.6 Å². The fraction of sp³-hybridized carbons (Fsp3) is 0.500. The van der Waals surface area contributed by atoms with E-state index >= 15 is 9.59 Å². The van der Waals surface area contributed by atoms with E-state index in [9.17, 15) is 19.8 Å². The number of benzene rings is 2. The highest BCUT2D eigenvalue weighted by Crippen LogP contribution is 2.79. The zero-order chi connectivity index (χ0) is 34.2. The third-order valence-electron chi connectivity index (χ3n) is 12.5. The van der Waals surface area contributed by atoms with Gasteiger partial charge in [-0.3, -0.25) is 29.0 Å². The molecule has 11 rings (SSSR count). The van der Waals surface area contributed by atoms with Gasteiger partial charge in [-0.15, -0.1) is 0 Å². The molecular weight excluding hydrogens is 709 g/mol. The highest BCUT2D eigenvalue weighted by molar-refractivity contribution is 9.26. The number of ether oxygens (including phenoxy) is 1. The molecule has 5 unspecified atom stereocenters. The summed E-state index contributed by atoms with van der Waals surface area (Å²) in [6.07, 6.45) is -4.89. The fourth-order valence-corrected chi connectivity index (χ4v) is 18.8. The van der Waals surface area contributed by atoms with Gasteiger partial charge in [0.15, 0.2) is 4.87 Å². The van der Waals surface area contributed by atoms with Gasteiger partial charge in [0.2, 0.25) is 4.87 Å². The minimum atomic E-state index is -2.28. The Morgan fingerprint density at radius 3 is 2.06 bits per heavy atom. The first-order valence-electron chi connectivity index (χ1n) is 16.1. The number of hydrogen-bond acceptors (Lipinski definition) is 13. The first-order valence-corrected chi connectivity index (χ1v) is 20.9. The number of nitrogens with zero attached hydrogens (tertiary/aromatic N) is 4. The second-order valence-corrected chi connectivity index (χ2v) is 20.3. The molecule has 4 spiro atoms. The van der Waals surface area contributed by atoms with E-state index in [0.717, 1.165) is 4.90 Å². The number of amides is 4. The number of carbonyl (C=O) groups is 4. The Morgan fingerprint density at radius 1 is 0.837 bits per heavy atom. The molecule has 10 atom stereocenters. The van der Waals surface area contributed by atoms with Crippen molar-refractivity contribution >= 4 is 76.2 Å². The maximum absolute atomic E-state index is 15.5. The topological polar surface area (TPSA) is 155 Å². The highest BCUT2D eigenvalue weighted by atomic mass is 33.7. The van der Waals surface area contributed by atoms with Gasteiger partial charge in [0.1, 0.15) is 30.6 Å². The zero-order valence-corrected chi connectivity index (χ0v) is 29.9. The Kier molecular flexibility index (Phi) is 5.91. The number of aliphatic hydroxyl groups is 2. The summed E-state index contributed by atoms with van der Waals surface area (Å²) >= 11 is 0. The largest absolute Gasteiger partial charge is 0.394 e. The smallest absolute Gasteiger partial charge is 0.279 e. The van der Waals surface area contributed by atoms with Crippen LogP contribution < -0.4 is 10.6 Å². The number of fused-ring (bicyclic) bond motifs is 7. The van der Waals surface area contributed by atoms with Crippen molar-refractivity contribution < 1.29 is 34.1 Å². The molecule has 49 heavy (non-hydrogen) atoms. The molecule has 2 aromatic rings. The molecule has 9 heterocycles. The molecule has 4 amide bonds. The summed E-state index contributed by atoms with van der Waals surface area (Å²) in [6, 6.07) is 13.8. The average Bonchev–Trinajstić information content (AvgIpc) is 3.71. The van der Waals surface area contributed by atoms with E-state index in [1.807, 2.05) is 62.4 Å². The maximum atomic E-state index is 15.5. The van der Waals surface area contributed by atoms with Crippen LogP contribution in [-0.2, 0) is 34.7 Å². The molecule has 4 bridgehead atoms. The molecule has 2 aromatic carbocycles. The number of nitrogens with one attached hydrogen (secondary N) is 2. The second kappa shape index (κ2) is 9.35. The van der Waals surface area contributed by atoms with Crippen molar-refractivity contribution in [2.45, 2.75) is 70.7 Å². The monoisotopic (exact) mass is 740 g/mol. The predicted molar refractivity (Wildman–Crippen MR) is 185 cm³/mol. The van der Waals surface area contributed by atoms with Crippen LogP contribution >= 0.6 is 41.2 Å². The van der Waals surface area contributed by atoms with Crippen molar-refractivity contribution in [3.63, 3.8) is 0 Å². The number of anilines is 2. The van der Waals surface area contributed by atoms with Crippen molar-refractivity contribution in [2.75, 3.05) is 31.3 Å². The first kappa shape index (κ1) is 31.0. The van der Waals surface area contributed by atoms with Crippen LogP contribution in [0.5, 0.6) is 0 Å². The predicted octanol–water partition coefficient (Wildman–Crippen LogP) is 1.55. The Hall–Kier alpha value is -2.80. The number of likely N-dealkylation sites (N-methyl/N-ethyl adjacent to an activating group) is 2. The molecule has 7 fully saturated rings. The van der Waals surface area contributed by atoms with E-state index in [4.69, 9.17) is 4.74 Å². The molecule has 0 aliphatic carbocycles. The van der Waals surface area contributed by atoms with E-state index in [-0.39, 0.29) is 17.7 Å². The Labute approximate surface area is 296 Å². The van der Waals surface area contributed by atoms with Gasteiger partial charge in [-0.2, -0.15) is 0 Å². The van der Waals surface area contributed by atoms with Gasteiger partial charge in [-0.25, -0.2) is 0 Å². The van der Waals surface area contributed by atoms with Gasteiger partial charge in [0, 0.05) is 25.5 Å². The summed E-state index contributed by atoms with van der Waals surface area (Å²) in [5.74, 6) is -2.21. The van der Waals surface area contributed by atoms with E-state index in [0.29, 0.717) is 22.5 Å². The number of carbonyl (C=O) groups excluding carboxylic acids is 4. The molecule has 9 aliphatic heterocycles. The van der Waals surface area contributed by atoms with Gasteiger partial charge in [0.05, 0.1) is 17.4 Å². The van der Waals surface area contributed by atoms with Crippen LogP contribution in [0.2, 0.25) is 0 Å². The van der Waals surface area contributed by atoms with Crippen LogP contribution in [0.25, 0.3) is 0 Å². The van der Waals surface area contributed by atoms with E-state index in [1.165, 1.54) is 53.2 Å². The van der Waals surface area contributed by atoms with Crippen LogP contribution in [0.4, 0.5) is 11.4 Å². The standard InChI is InChI=1S/C32H32N6O7S4/c1-14(2)31-27(44)38-24-29(16-10-6-8-12-18(16)34-24)22(32(38,26(43)36(31)4)47-49-48-46-31)45-30-21(41)28(29)15-9-5-7-11-17(15)33-23(28)37(30)20(40)19(13-39)35(3)25(30)42/h5-12,14,19,21-24,33-34,39,41H,13H2,1-4H3/t19?,21-,22-,23-,24+,28?,29?,30-,31?,32?/m0/s1. The Morgan fingerprint density at radius 2 is 1.43 bits per heavy atom. The number of hydrogen-bond donors (Lipinski definition) is 4. The quantitative estimate of drug-likeness (QED) is 0.330. The fourth-order valence-electron chi connectivity index (χ4n) is 10.7. The number of piperazine rings is 2. The summed E-state index contributed by atoms with van der Waals surface area (Å²) in [7, 11) is 8.45. The van der Waals surface area contributed by atoms with E-state index < -0.39 is 75.3 Å². The third-order valence-corrected chi connectivity index (χ3v) is 20.1. The van der Waals surface area contributed by atoms with E-state index in [1.54, 1.807) is 16.8 Å². The first-order chi connectivity index (χ1) is 23.5. The van der Waals surface area contributed by atoms with Crippen LogP contribution in [-0.4, -0.2) is 120 Å². The van der Waals surface area contributed by atoms with Crippen molar-refractivity contribution in [3.05, 3.63) is 59.7 Å². The van der Waals surface area contributed by atoms with Crippen LogP contribution in [0, 0.1) is 5.92 Å². The van der Waals surface area contributed by atoms with E-state index in [2.05, 4.69) is 10.6 Å². The molecule has 17 heteroatoms. The Balaban J connectivity index is 1.37. The molecular formula is C32H32N6O7S4. The summed E-state index contributed by atoms with van der Waals surface area (Å²) in [5.41, 5.74) is -2.51. The summed E-state index contributed by atoms with van der Waals surface area (Å²) in [5, 5.41) is 30.8. The summed E-state index contributed by atoms with van der Waals surface area (Å²) in [6.45, 7) is 3.23. The van der Waals surface area contributed by atoms with Gasteiger partial charge >= 0.3 is 0 Å². The number of aliphatic hydroxyl groups excluding tert-OH is 2. The van der Waals surface area contributed by atoms with Crippen molar-refractivity contribution in [1.29, 1.82) is 0 Å². The average molecular weight is 741 g/mol. The molecule has 4 N–H and O–H groups in total. The van der Waals surface area contributed by atoms with Gasteiger partial charge in [-0.05, 0) is 70.4 Å². The van der Waals surface area contributed by atoms with Crippen LogP contribution in [0.3, 0.4) is 0 Å². The molecule has 0 aromatic heterocycles. The minimum absolute atomic E-state index is 0.270. The van der Waals surface area contributed by atoms with Crippen LogP contribution in [0.1, 0.15) is 25.0 Å². The number of para-hydroxylation sites is 2. The molecule has 0 radical (unpaired) electrons. The van der Waals surface area contributed by atoms with Crippen molar-refractivity contribution in [2.24, 2.45) is 5.92 Å². The van der Waals surface area contributed by atoms with Gasteiger partial charge in [-0.1, -0.05) is 50.2 Å². The molecule has 0 saturated carbocycles. The minimum Gasteiger partial charge on any atom is -0.394 e. The lowest BCUT2D eigenvalue weighted by molar-refractivity contribution is -0.263. The lowest BCUT2D eigenvalue weighted by atomic mass is 9.50. The maximum Gasteiger partial charge on any atom is 0.279 e. The third kappa shape index (κ3) is 2.78. The number of rotatable bonds is 2. The molecule has 7 saturated heterocycles. The molecule has 256 valence electrons. The van der Waals surface area contributed by atoms with Gasteiger partial charge in [0.25, 0.3) is 29.4 Å². The summed E-state index contributed by atoms with van der Waals surface area (Å²) < 4.78 is 7.21. The van der Waals surface area contributed by atoms with Crippen LogP contribution in [0.15, 0.2) is 48.5 Å². The lowest BCUT2D eigenvalue weighted by Gasteiger charge is -2.59. The highest BCUT2D eigenvalue weighted by Gasteiger charge is 2.95. The normalized spacial score (nSPS) is 43.7. The van der Waals surface area contributed by atoms with Gasteiger partial charge < -0.3 is 35.4 Å². The Bertz CT molecular complexity index is 1940. The summed E-state index contributed by atoms with van der Waals surface area (Å²) in [4.78, 5) is 63.0. The SMILES string of the molecule is CC(C)C12SSSSC3(C(=O)N1C)[C@H]1O[C@@]45C(=O)N(C)C(CO)C(=O)N4[C@@H]4Nc6ccccc6C4([C@@H]5O)C14c1ccccc1N[C@@H]4N3C2=O. The zero-order valence-electron chi connectivity index (χ0n) is 26.6. The second-order valence-electron chi connectivity index (χ2n) is 14.2.